The molecular formula is C11H11N3O3. The number of carbonyl (C=O) groups is 2. The Morgan fingerprint density at radius 1 is 1.29 bits per heavy atom. The summed E-state index contributed by atoms with van der Waals surface area (Å²) in [6.45, 7) is 0. The van der Waals surface area contributed by atoms with Gasteiger partial charge in [0.1, 0.15) is 5.75 Å². The van der Waals surface area contributed by atoms with Crippen molar-refractivity contribution in [3.05, 3.63) is 29.5 Å². The topological polar surface area (TPSA) is 122 Å². The number of hydrogen-bond donors (Lipinski definition) is 4. The van der Waals surface area contributed by atoms with Crippen molar-refractivity contribution in [1.29, 1.82) is 0 Å². The first kappa shape index (κ1) is 11.0. The number of fused-ring (bicyclic) bond motifs is 1. The fraction of sp³-hybridized carbons (Fsp3) is 0.0909. The maximum atomic E-state index is 11.4. The van der Waals surface area contributed by atoms with Gasteiger partial charge in [0.25, 0.3) is 5.91 Å². The standard InChI is InChI=1S/C11H11N3O3/c12-8(16)4-6-10(11(13)17)9-5(14-6)2-1-3-7(9)15/h1-3,14-15H,4H2,(H2,12,16)(H2,13,17). The van der Waals surface area contributed by atoms with E-state index in [1.807, 2.05) is 0 Å². The van der Waals surface area contributed by atoms with Crippen molar-refractivity contribution >= 4 is 22.7 Å². The van der Waals surface area contributed by atoms with Gasteiger partial charge in [-0.25, -0.2) is 0 Å². The van der Waals surface area contributed by atoms with Crippen LogP contribution in [0.15, 0.2) is 18.2 Å². The van der Waals surface area contributed by atoms with E-state index in [2.05, 4.69) is 4.98 Å². The van der Waals surface area contributed by atoms with Gasteiger partial charge in [0, 0.05) is 5.69 Å². The largest absolute Gasteiger partial charge is 0.507 e. The molecule has 0 aliphatic heterocycles. The molecule has 0 unspecified atom stereocenters. The monoisotopic (exact) mass is 233 g/mol. The van der Waals surface area contributed by atoms with Crippen molar-refractivity contribution in [3.8, 4) is 5.75 Å². The molecule has 2 rings (SSSR count). The Kier molecular flexibility index (Phi) is 2.47. The Hall–Kier alpha value is -2.50. The quantitative estimate of drug-likeness (QED) is 0.596. The van der Waals surface area contributed by atoms with E-state index in [1.54, 1.807) is 12.1 Å². The molecule has 6 nitrogen and oxygen atoms in total. The van der Waals surface area contributed by atoms with Crippen molar-refractivity contribution in [2.75, 3.05) is 0 Å². The SMILES string of the molecule is NC(=O)Cc1[nH]c2cccc(O)c2c1C(N)=O. The Balaban J connectivity index is 2.76. The van der Waals surface area contributed by atoms with Gasteiger partial charge in [0.2, 0.25) is 5.91 Å². The van der Waals surface area contributed by atoms with Crippen molar-refractivity contribution in [3.63, 3.8) is 0 Å². The van der Waals surface area contributed by atoms with Crippen LogP contribution in [0.4, 0.5) is 0 Å². The van der Waals surface area contributed by atoms with Crippen molar-refractivity contribution in [2.24, 2.45) is 11.5 Å². The number of primary amides is 2. The molecule has 2 aromatic rings. The lowest BCUT2D eigenvalue weighted by molar-refractivity contribution is -0.117. The fourth-order valence-corrected chi connectivity index (χ4v) is 1.86. The molecule has 88 valence electrons. The smallest absolute Gasteiger partial charge is 0.251 e. The van der Waals surface area contributed by atoms with Gasteiger partial charge in [-0.1, -0.05) is 6.07 Å². The van der Waals surface area contributed by atoms with Crippen LogP contribution in [-0.4, -0.2) is 21.9 Å². The molecule has 1 aromatic heterocycles. The molecule has 0 atom stereocenters. The first-order valence-corrected chi connectivity index (χ1v) is 4.91. The highest BCUT2D eigenvalue weighted by molar-refractivity contribution is 6.10. The zero-order valence-electron chi connectivity index (χ0n) is 8.86. The van der Waals surface area contributed by atoms with Crippen LogP contribution in [0.3, 0.4) is 0 Å². The first-order chi connectivity index (χ1) is 8.00. The average molecular weight is 233 g/mol. The number of aromatic nitrogens is 1. The van der Waals surface area contributed by atoms with E-state index in [0.29, 0.717) is 16.6 Å². The minimum Gasteiger partial charge on any atom is -0.507 e. The molecule has 2 amide bonds. The normalized spacial score (nSPS) is 10.6. The van der Waals surface area contributed by atoms with E-state index in [-0.39, 0.29) is 17.7 Å². The molecule has 6 N–H and O–H groups in total. The molecule has 17 heavy (non-hydrogen) atoms. The number of rotatable bonds is 3. The molecule has 0 spiro atoms. The molecule has 6 heteroatoms. The van der Waals surface area contributed by atoms with Crippen molar-refractivity contribution in [2.45, 2.75) is 6.42 Å². The molecular weight excluding hydrogens is 222 g/mol. The highest BCUT2D eigenvalue weighted by atomic mass is 16.3. The van der Waals surface area contributed by atoms with Crippen LogP contribution >= 0.6 is 0 Å². The number of nitrogens with one attached hydrogen (secondary N) is 1. The van der Waals surface area contributed by atoms with Crippen LogP contribution in [0.25, 0.3) is 10.9 Å². The number of aromatic amines is 1. The molecule has 1 aromatic carbocycles. The maximum absolute atomic E-state index is 11.4. The molecule has 0 bridgehead atoms. The Labute approximate surface area is 96.2 Å². The first-order valence-electron chi connectivity index (χ1n) is 4.91. The van der Waals surface area contributed by atoms with Crippen LogP contribution in [0.1, 0.15) is 16.1 Å². The van der Waals surface area contributed by atoms with Crippen LogP contribution in [-0.2, 0) is 11.2 Å². The van der Waals surface area contributed by atoms with Gasteiger partial charge in [0.15, 0.2) is 0 Å². The third-order valence-corrected chi connectivity index (χ3v) is 2.48. The predicted octanol–water partition coefficient (Wildman–Crippen LogP) is 0.000200. The number of phenols is 1. The second-order valence-corrected chi connectivity index (χ2v) is 3.69. The van der Waals surface area contributed by atoms with Crippen LogP contribution in [0, 0.1) is 0 Å². The number of H-pyrrole nitrogens is 1. The summed E-state index contributed by atoms with van der Waals surface area (Å²) in [5, 5.41) is 10.0. The second-order valence-electron chi connectivity index (χ2n) is 3.69. The molecule has 0 radical (unpaired) electrons. The van der Waals surface area contributed by atoms with Crippen LogP contribution < -0.4 is 11.5 Å². The van der Waals surface area contributed by atoms with Gasteiger partial charge in [-0.2, -0.15) is 0 Å². The summed E-state index contributed by atoms with van der Waals surface area (Å²) < 4.78 is 0. The molecule has 0 saturated carbocycles. The number of phenolic OH excluding ortho intramolecular Hbond substituents is 1. The van der Waals surface area contributed by atoms with Gasteiger partial charge in [-0.05, 0) is 12.1 Å². The number of nitrogens with two attached hydrogens (primary N) is 2. The molecule has 1 heterocycles. The summed E-state index contributed by atoms with van der Waals surface area (Å²) in [5.41, 5.74) is 11.3. The van der Waals surface area contributed by atoms with E-state index in [0.717, 1.165) is 0 Å². The Morgan fingerprint density at radius 2 is 2.00 bits per heavy atom. The predicted molar refractivity (Wildman–Crippen MR) is 61.4 cm³/mol. The summed E-state index contributed by atoms with van der Waals surface area (Å²) >= 11 is 0. The van der Waals surface area contributed by atoms with Gasteiger partial charge < -0.3 is 21.6 Å². The maximum Gasteiger partial charge on any atom is 0.251 e. The zero-order chi connectivity index (χ0) is 12.6. The third kappa shape index (κ3) is 1.80. The lowest BCUT2D eigenvalue weighted by Crippen LogP contribution is -2.18. The van der Waals surface area contributed by atoms with Gasteiger partial charge in [-0.3, -0.25) is 9.59 Å². The number of amides is 2. The fourth-order valence-electron chi connectivity index (χ4n) is 1.86. The summed E-state index contributed by atoms with van der Waals surface area (Å²) in [7, 11) is 0. The third-order valence-electron chi connectivity index (χ3n) is 2.48. The van der Waals surface area contributed by atoms with Crippen molar-refractivity contribution in [1.82, 2.24) is 4.98 Å². The van der Waals surface area contributed by atoms with Gasteiger partial charge >= 0.3 is 0 Å². The van der Waals surface area contributed by atoms with Crippen molar-refractivity contribution < 1.29 is 14.7 Å². The minimum absolute atomic E-state index is 0.0664. The van der Waals surface area contributed by atoms with E-state index in [1.165, 1.54) is 6.07 Å². The van der Waals surface area contributed by atoms with E-state index < -0.39 is 11.8 Å². The lowest BCUT2D eigenvalue weighted by Gasteiger charge is -1.99. The van der Waals surface area contributed by atoms with Crippen LogP contribution in [0.2, 0.25) is 0 Å². The molecule has 0 fully saturated rings. The highest BCUT2D eigenvalue weighted by Crippen LogP contribution is 2.30. The number of aromatic hydroxyl groups is 1. The van der Waals surface area contributed by atoms with E-state index >= 15 is 0 Å². The number of benzene rings is 1. The summed E-state index contributed by atoms with van der Waals surface area (Å²) in [5.74, 6) is -1.36. The number of hydrogen-bond acceptors (Lipinski definition) is 3. The van der Waals surface area contributed by atoms with E-state index in [4.69, 9.17) is 11.5 Å². The Morgan fingerprint density at radius 3 is 2.59 bits per heavy atom. The molecule has 0 saturated heterocycles. The molecule has 0 aliphatic rings. The summed E-state index contributed by atoms with van der Waals surface area (Å²) in [6.07, 6.45) is -0.133. The lowest BCUT2D eigenvalue weighted by atomic mass is 10.1. The van der Waals surface area contributed by atoms with Gasteiger partial charge in [-0.15, -0.1) is 0 Å². The molecule has 0 aliphatic carbocycles. The summed E-state index contributed by atoms with van der Waals surface area (Å²) in [6, 6.07) is 4.73. The minimum atomic E-state index is -0.714. The van der Waals surface area contributed by atoms with Crippen LogP contribution in [0.5, 0.6) is 5.75 Å². The van der Waals surface area contributed by atoms with Gasteiger partial charge in [0.05, 0.1) is 22.9 Å². The number of carbonyl (C=O) groups excluding carboxylic acids is 2. The zero-order valence-corrected chi connectivity index (χ0v) is 8.86. The average Bonchev–Trinajstić information content (AvgIpc) is 2.56. The highest BCUT2D eigenvalue weighted by Gasteiger charge is 2.19. The Bertz CT molecular complexity index is 616. The summed E-state index contributed by atoms with van der Waals surface area (Å²) in [4.78, 5) is 25.1. The van der Waals surface area contributed by atoms with E-state index in [9.17, 15) is 14.7 Å². The second kappa shape index (κ2) is 3.82.